The number of carbonyl (C=O) groups excluding carboxylic acids is 1. The molecule has 1 aromatic carbocycles. The number of rotatable bonds is 2. The molecule has 0 atom stereocenters. The van der Waals surface area contributed by atoms with E-state index in [1.165, 1.54) is 0 Å². The van der Waals surface area contributed by atoms with Gasteiger partial charge in [-0.15, -0.1) is 0 Å². The molecule has 80 valence electrons. The molecule has 0 aliphatic carbocycles. The molecule has 4 heteroatoms. The standard InChI is InChI=1S/C11H13ClN2O/c1-3-6-13-11(15)14-10-5-4-9(12)7-8(10)2/h3-7H,1-2H3,(H2,13,14,15)/b6-3+. The van der Waals surface area contributed by atoms with Crippen LogP contribution in [0.25, 0.3) is 0 Å². The molecular formula is C11H13ClN2O. The van der Waals surface area contributed by atoms with E-state index in [2.05, 4.69) is 10.6 Å². The Morgan fingerprint density at radius 1 is 1.47 bits per heavy atom. The molecule has 0 saturated heterocycles. The molecule has 15 heavy (non-hydrogen) atoms. The van der Waals surface area contributed by atoms with Gasteiger partial charge in [-0.25, -0.2) is 4.79 Å². The second kappa shape index (κ2) is 5.41. The van der Waals surface area contributed by atoms with E-state index in [1.807, 2.05) is 13.8 Å². The average Bonchev–Trinajstić information content (AvgIpc) is 2.19. The molecule has 3 nitrogen and oxygen atoms in total. The third kappa shape index (κ3) is 3.64. The highest BCUT2D eigenvalue weighted by atomic mass is 35.5. The van der Waals surface area contributed by atoms with E-state index in [4.69, 9.17) is 11.6 Å². The van der Waals surface area contributed by atoms with Crippen molar-refractivity contribution in [3.63, 3.8) is 0 Å². The number of benzene rings is 1. The van der Waals surface area contributed by atoms with Crippen molar-refractivity contribution in [2.45, 2.75) is 13.8 Å². The van der Waals surface area contributed by atoms with Gasteiger partial charge in [0, 0.05) is 16.9 Å². The van der Waals surface area contributed by atoms with Crippen molar-refractivity contribution < 1.29 is 4.79 Å². The molecule has 2 N–H and O–H groups in total. The topological polar surface area (TPSA) is 41.1 Å². The Balaban J connectivity index is 2.68. The first kappa shape index (κ1) is 11.6. The van der Waals surface area contributed by atoms with E-state index < -0.39 is 0 Å². The molecule has 1 rings (SSSR count). The van der Waals surface area contributed by atoms with Crippen molar-refractivity contribution in [1.29, 1.82) is 0 Å². The summed E-state index contributed by atoms with van der Waals surface area (Å²) >= 11 is 5.80. The number of anilines is 1. The van der Waals surface area contributed by atoms with Crippen LogP contribution in [0.3, 0.4) is 0 Å². The van der Waals surface area contributed by atoms with Gasteiger partial charge in [0.1, 0.15) is 0 Å². The highest BCUT2D eigenvalue weighted by Gasteiger charge is 2.02. The quantitative estimate of drug-likeness (QED) is 0.795. The van der Waals surface area contributed by atoms with Crippen LogP contribution in [0, 0.1) is 6.92 Å². The van der Waals surface area contributed by atoms with Crippen LogP contribution < -0.4 is 10.6 Å². The van der Waals surface area contributed by atoms with Crippen LogP contribution in [0.15, 0.2) is 30.5 Å². The Bertz CT molecular complexity index is 388. The lowest BCUT2D eigenvalue weighted by molar-refractivity contribution is 0.255. The molecule has 0 saturated carbocycles. The second-order valence-corrected chi connectivity index (χ2v) is 3.49. The molecule has 0 aliphatic heterocycles. The number of amides is 2. The van der Waals surface area contributed by atoms with Crippen molar-refractivity contribution in [1.82, 2.24) is 5.32 Å². The Labute approximate surface area is 94.1 Å². The fraction of sp³-hybridized carbons (Fsp3) is 0.182. The highest BCUT2D eigenvalue weighted by molar-refractivity contribution is 6.30. The number of nitrogens with one attached hydrogen (secondary N) is 2. The van der Waals surface area contributed by atoms with Crippen LogP contribution in [0.4, 0.5) is 10.5 Å². The Kier molecular flexibility index (Phi) is 4.18. The molecule has 0 spiro atoms. The predicted octanol–water partition coefficient (Wildman–Crippen LogP) is 3.30. The number of hydrogen-bond donors (Lipinski definition) is 2. The van der Waals surface area contributed by atoms with Gasteiger partial charge in [-0.1, -0.05) is 17.7 Å². The summed E-state index contributed by atoms with van der Waals surface area (Å²) in [6, 6.07) is 5.04. The zero-order chi connectivity index (χ0) is 11.3. The van der Waals surface area contributed by atoms with E-state index in [-0.39, 0.29) is 6.03 Å². The van der Waals surface area contributed by atoms with Crippen molar-refractivity contribution in [3.8, 4) is 0 Å². The molecule has 2 amide bonds. The van der Waals surface area contributed by atoms with Gasteiger partial charge < -0.3 is 10.6 Å². The van der Waals surface area contributed by atoms with Crippen molar-refractivity contribution in [2.75, 3.05) is 5.32 Å². The summed E-state index contributed by atoms with van der Waals surface area (Å²) < 4.78 is 0. The summed E-state index contributed by atoms with van der Waals surface area (Å²) in [5.41, 5.74) is 1.68. The minimum atomic E-state index is -0.265. The van der Waals surface area contributed by atoms with Gasteiger partial charge >= 0.3 is 6.03 Å². The molecule has 0 bridgehead atoms. The normalized spacial score (nSPS) is 10.3. The van der Waals surface area contributed by atoms with Crippen molar-refractivity contribution in [2.24, 2.45) is 0 Å². The summed E-state index contributed by atoms with van der Waals surface area (Å²) in [7, 11) is 0. The second-order valence-electron chi connectivity index (χ2n) is 3.06. The number of halogens is 1. The molecule has 0 heterocycles. The van der Waals surface area contributed by atoms with E-state index in [0.29, 0.717) is 5.02 Å². The fourth-order valence-corrected chi connectivity index (χ4v) is 1.31. The Morgan fingerprint density at radius 2 is 2.20 bits per heavy atom. The number of aryl methyl sites for hydroxylation is 1. The van der Waals surface area contributed by atoms with Gasteiger partial charge in [-0.3, -0.25) is 0 Å². The zero-order valence-electron chi connectivity index (χ0n) is 8.67. The number of hydrogen-bond acceptors (Lipinski definition) is 1. The number of carbonyl (C=O) groups is 1. The van der Waals surface area contributed by atoms with Gasteiger partial charge in [-0.05, 0) is 37.6 Å². The first-order valence-corrected chi connectivity index (χ1v) is 4.96. The maximum Gasteiger partial charge on any atom is 0.323 e. The highest BCUT2D eigenvalue weighted by Crippen LogP contribution is 2.19. The van der Waals surface area contributed by atoms with Crippen LogP contribution in [0.5, 0.6) is 0 Å². The van der Waals surface area contributed by atoms with Gasteiger partial charge in [0.05, 0.1) is 0 Å². The van der Waals surface area contributed by atoms with Gasteiger partial charge in [0.25, 0.3) is 0 Å². The summed E-state index contributed by atoms with van der Waals surface area (Å²) in [5.74, 6) is 0. The summed E-state index contributed by atoms with van der Waals surface area (Å²) in [6.07, 6.45) is 3.31. The maximum absolute atomic E-state index is 11.3. The summed E-state index contributed by atoms with van der Waals surface area (Å²) in [6.45, 7) is 3.71. The molecule has 0 aliphatic rings. The predicted molar refractivity (Wildman–Crippen MR) is 63.2 cm³/mol. The number of allylic oxidation sites excluding steroid dienone is 1. The third-order valence-electron chi connectivity index (χ3n) is 1.82. The van der Waals surface area contributed by atoms with Crippen LogP contribution in [0.2, 0.25) is 5.02 Å². The van der Waals surface area contributed by atoms with Crippen LogP contribution in [-0.4, -0.2) is 6.03 Å². The van der Waals surface area contributed by atoms with Crippen LogP contribution >= 0.6 is 11.6 Å². The van der Waals surface area contributed by atoms with E-state index in [1.54, 1.807) is 30.5 Å². The van der Waals surface area contributed by atoms with Crippen LogP contribution in [0.1, 0.15) is 12.5 Å². The summed E-state index contributed by atoms with van der Waals surface area (Å²) in [5, 5.41) is 5.93. The maximum atomic E-state index is 11.3. The smallest absolute Gasteiger partial charge is 0.315 e. The van der Waals surface area contributed by atoms with E-state index in [0.717, 1.165) is 11.3 Å². The molecule has 0 aromatic heterocycles. The molecule has 0 unspecified atom stereocenters. The van der Waals surface area contributed by atoms with Crippen molar-refractivity contribution >= 4 is 23.3 Å². The Hall–Kier alpha value is -1.48. The fourth-order valence-electron chi connectivity index (χ4n) is 1.08. The first-order valence-electron chi connectivity index (χ1n) is 4.58. The first-order chi connectivity index (χ1) is 7.13. The largest absolute Gasteiger partial charge is 0.323 e. The third-order valence-corrected chi connectivity index (χ3v) is 2.05. The number of urea groups is 1. The van der Waals surface area contributed by atoms with Gasteiger partial charge in [0.15, 0.2) is 0 Å². The summed E-state index contributed by atoms with van der Waals surface area (Å²) in [4.78, 5) is 11.3. The van der Waals surface area contributed by atoms with Gasteiger partial charge in [-0.2, -0.15) is 0 Å². The van der Waals surface area contributed by atoms with E-state index in [9.17, 15) is 4.79 Å². The molecule has 0 radical (unpaired) electrons. The van der Waals surface area contributed by atoms with Crippen LogP contribution in [-0.2, 0) is 0 Å². The van der Waals surface area contributed by atoms with E-state index >= 15 is 0 Å². The molecule has 1 aromatic rings. The van der Waals surface area contributed by atoms with Gasteiger partial charge in [0.2, 0.25) is 0 Å². The molecular weight excluding hydrogens is 212 g/mol. The SMILES string of the molecule is C/C=C/NC(=O)Nc1ccc(Cl)cc1C. The Morgan fingerprint density at radius 3 is 2.80 bits per heavy atom. The lowest BCUT2D eigenvalue weighted by atomic mass is 10.2. The van der Waals surface area contributed by atoms with Crippen molar-refractivity contribution in [3.05, 3.63) is 41.1 Å². The lowest BCUT2D eigenvalue weighted by Gasteiger charge is -2.07. The molecule has 0 fully saturated rings. The monoisotopic (exact) mass is 224 g/mol. The minimum absolute atomic E-state index is 0.265. The lowest BCUT2D eigenvalue weighted by Crippen LogP contribution is -2.24. The average molecular weight is 225 g/mol. The zero-order valence-corrected chi connectivity index (χ0v) is 9.43. The minimum Gasteiger partial charge on any atom is -0.315 e.